The van der Waals surface area contributed by atoms with Gasteiger partial charge in [-0.25, -0.2) is 0 Å². The minimum absolute atomic E-state index is 0.529. The van der Waals surface area contributed by atoms with Gasteiger partial charge in [0.25, 0.3) is 0 Å². The normalized spacial score (nSPS) is 32.1. The van der Waals surface area contributed by atoms with Gasteiger partial charge in [-0.3, -0.25) is 9.88 Å². The van der Waals surface area contributed by atoms with Gasteiger partial charge >= 0.3 is 0 Å². The van der Waals surface area contributed by atoms with E-state index < -0.39 is 0 Å². The average Bonchev–Trinajstić information content (AvgIpc) is 2.51. The lowest BCUT2D eigenvalue weighted by Gasteiger charge is -2.41. The van der Waals surface area contributed by atoms with Crippen molar-refractivity contribution in [2.45, 2.75) is 38.6 Å². The lowest BCUT2D eigenvalue weighted by molar-refractivity contribution is 0.102. The molecule has 0 bridgehead atoms. The van der Waals surface area contributed by atoms with Crippen LogP contribution in [0.5, 0.6) is 0 Å². The highest BCUT2D eigenvalue weighted by Gasteiger charge is 2.29. The second-order valence-corrected chi connectivity index (χ2v) is 6.52. The Hall–Kier alpha value is -0.930. The molecule has 1 aliphatic heterocycles. The summed E-state index contributed by atoms with van der Waals surface area (Å²) in [6, 6.07) is 4.88. The summed E-state index contributed by atoms with van der Waals surface area (Å²) in [6.07, 6.45) is 9.57. The summed E-state index contributed by atoms with van der Waals surface area (Å²) in [5.41, 5.74) is 1.41. The Labute approximate surface area is 122 Å². The number of rotatable bonds is 3. The van der Waals surface area contributed by atoms with Gasteiger partial charge in [0.15, 0.2) is 0 Å². The van der Waals surface area contributed by atoms with Crippen LogP contribution < -0.4 is 5.32 Å². The van der Waals surface area contributed by atoms with Crippen LogP contribution in [-0.4, -0.2) is 36.1 Å². The molecule has 1 saturated heterocycles. The molecule has 1 aromatic heterocycles. The first-order chi connectivity index (χ1) is 9.84. The summed E-state index contributed by atoms with van der Waals surface area (Å²) in [7, 11) is 0. The number of pyridine rings is 1. The molecule has 1 N–H and O–H groups in total. The first-order valence-electron chi connectivity index (χ1n) is 8.19. The summed E-state index contributed by atoms with van der Waals surface area (Å²) >= 11 is 0. The molecule has 2 heterocycles. The molecule has 0 amide bonds. The van der Waals surface area contributed by atoms with Gasteiger partial charge in [-0.05, 0) is 36.0 Å². The third kappa shape index (κ3) is 3.21. The largest absolute Gasteiger partial charge is 0.314 e. The summed E-state index contributed by atoms with van der Waals surface area (Å²) in [5, 5.41) is 3.55. The predicted octanol–water partition coefficient (Wildman–Crippen LogP) is 2.85. The highest BCUT2D eigenvalue weighted by atomic mass is 15.2. The fourth-order valence-corrected chi connectivity index (χ4v) is 3.84. The predicted molar refractivity (Wildman–Crippen MR) is 82.5 cm³/mol. The van der Waals surface area contributed by atoms with Crippen molar-refractivity contribution < 1.29 is 0 Å². The van der Waals surface area contributed by atoms with Crippen molar-refractivity contribution in [1.29, 1.82) is 0 Å². The SMILES string of the molecule is CC1CCCCC1CN1CCNCC1c1ccncc1. The second-order valence-electron chi connectivity index (χ2n) is 6.52. The molecule has 2 fully saturated rings. The molecule has 2 aliphatic rings. The van der Waals surface area contributed by atoms with E-state index in [0.29, 0.717) is 6.04 Å². The van der Waals surface area contributed by atoms with E-state index in [0.717, 1.165) is 24.9 Å². The zero-order valence-electron chi connectivity index (χ0n) is 12.6. The van der Waals surface area contributed by atoms with Crippen molar-refractivity contribution >= 4 is 0 Å². The quantitative estimate of drug-likeness (QED) is 0.918. The molecule has 1 saturated carbocycles. The smallest absolute Gasteiger partial charge is 0.0474 e. The maximum absolute atomic E-state index is 4.15. The number of hydrogen-bond donors (Lipinski definition) is 1. The third-order valence-corrected chi connectivity index (χ3v) is 5.20. The Morgan fingerprint density at radius 1 is 1.25 bits per heavy atom. The molecular weight excluding hydrogens is 246 g/mol. The van der Waals surface area contributed by atoms with E-state index in [1.54, 1.807) is 0 Å². The molecule has 3 heteroatoms. The van der Waals surface area contributed by atoms with E-state index >= 15 is 0 Å². The molecular formula is C17H27N3. The van der Waals surface area contributed by atoms with Gasteiger partial charge in [-0.15, -0.1) is 0 Å². The molecule has 0 spiro atoms. The lowest BCUT2D eigenvalue weighted by Crippen LogP contribution is -2.48. The average molecular weight is 273 g/mol. The van der Waals surface area contributed by atoms with Crippen LogP contribution in [0.3, 0.4) is 0 Å². The molecule has 1 aliphatic carbocycles. The van der Waals surface area contributed by atoms with Crippen LogP contribution in [-0.2, 0) is 0 Å². The van der Waals surface area contributed by atoms with E-state index in [1.165, 1.54) is 44.3 Å². The van der Waals surface area contributed by atoms with Gasteiger partial charge in [0.1, 0.15) is 0 Å². The maximum atomic E-state index is 4.15. The van der Waals surface area contributed by atoms with E-state index in [1.807, 2.05) is 12.4 Å². The molecule has 110 valence electrons. The van der Waals surface area contributed by atoms with Crippen molar-refractivity contribution in [1.82, 2.24) is 15.2 Å². The fourth-order valence-electron chi connectivity index (χ4n) is 3.84. The van der Waals surface area contributed by atoms with Crippen molar-refractivity contribution in [3.8, 4) is 0 Å². The molecule has 0 radical (unpaired) electrons. The minimum Gasteiger partial charge on any atom is -0.314 e. The van der Waals surface area contributed by atoms with Crippen LogP contribution in [0.4, 0.5) is 0 Å². The number of nitrogens with zero attached hydrogens (tertiary/aromatic N) is 2. The van der Waals surface area contributed by atoms with Crippen LogP contribution in [0.2, 0.25) is 0 Å². The van der Waals surface area contributed by atoms with Crippen LogP contribution in [0.25, 0.3) is 0 Å². The van der Waals surface area contributed by atoms with Crippen LogP contribution in [0, 0.1) is 11.8 Å². The number of hydrogen-bond acceptors (Lipinski definition) is 3. The van der Waals surface area contributed by atoms with E-state index in [-0.39, 0.29) is 0 Å². The highest BCUT2D eigenvalue weighted by molar-refractivity contribution is 5.16. The second kappa shape index (κ2) is 6.68. The van der Waals surface area contributed by atoms with Gasteiger partial charge in [0.05, 0.1) is 0 Å². The van der Waals surface area contributed by atoms with Gasteiger partial charge in [-0.1, -0.05) is 26.2 Å². The van der Waals surface area contributed by atoms with E-state index in [9.17, 15) is 0 Å². The van der Waals surface area contributed by atoms with E-state index in [4.69, 9.17) is 0 Å². The van der Waals surface area contributed by atoms with Crippen LogP contribution in [0.1, 0.15) is 44.2 Å². The number of nitrogens with one attached hydrogen (secondary N) is 1. The molecule has 1 aromatic rings. The summed E-state index contributed by atoms with van der Waals surface area (Å²) in [5.74, 6) is 1.79. The third-order valence-electron chi connectivity index (χ3n) is 5.20. The fraction of sp³-hybridized carbons (Fsp3) is 0.706. The number of piperazine rings is 1. The van der Waals surface area contributed by atoms with Crippen molar-refractivity contribution in [3.05, 3.63) is 30.1 Å². The van der Waals surface area contributed by atoms with E-state index in [2.05, 4.69) is 34.3 Å². The molecule has 3 nitrogen and oxygen atoms in total. The zero-order valence-corrected chi connectivity index (χ0v) is 12.6. The lowest BCUT2D eigenvalue weighted by atomic mass is 9.80. The van der Waals surface area contributed by atoms with Crippen LogP contribution in [0.15, 0.2) is 24.5 Å². The van der Waals surface area contributed by atoms with Crippen molar-refractivity contribution in [3.63, 3.8) is 0 Å². The first-order valence-corrected chi connectivity index (χ1v) is 8.19. The first kappa shape index (κ1) is 14.0. The maximum Gasteiger partial charge on any atom is 0.0474 e. The molecule has 0 aromatic carbocycles. The summed E-state index contributed by atoms with van der Waals surface area (Å²) in [6.45, 7) is 7.10. The van der Waals surface area contributed by atoms with Gasteiger partial charge in [0.2, 0.25) is 0 Å². The topological polar surface area (TPSA) is 28.2 Å². The van der Waals surface area contributed by atoms with Gasteiger partial charge in [-0.2, -0.15) is 0 Å². The Morgan fingerprint density at radius 2 is 2.05 bits per heavy atom. The summed E-state index contributed by atoms with van der Waals surface area (Å²) in [4.78, 5) is 6.86. The van der Waals surface area contributed by atoms with Crippen LogP contribution >= 0.6 is 0 Å². The molecule has 3 rings (SSSR count). The minimum atomic E-state index is 0.529. The molecule has 20 heavy (non-hydrogen) atoms. The van der Waals surface area contributed by atoms with Crippen molar-refractivity contribution in [2.75, 3.05) is 26.2 Å². The zero-order chi connectivity index (χ0) is 13.8. The Bertz CT molecular complexity index is 406. The monoisotopic (exact) mass is 273 g/mol. The van der Waals surface area contributed by atoms with Gasteiger partial charge in [0, 0.05) is 44.6 Å². The molecule has 3 atom stereocenters. The Kier molecular flexibility index (Phi) is 4.69. The standard InChI is InChI=1S/C17H27N3/c1-14-4-2-3-5-16(14)13-20-11-10-19-12-17(20)15-6-8-18-9-7-15/h6-9,14,16-17,19H,2-5,10-13H2,1H3. The Balaban J connectivity index is 1.69. The van der Waals surface area contributed by atoms with Gasteiger partial charge < -0.3 is 5.32 Å². The molecule has 3 unspecified atom stereocenters. The summed E-state index contributed by atoms with van der Waals surface area (Å²) < 4.78 is 0. The highest BCUT2D eigenvalue weighted by Crippen LogP contribution is 2.32. The number of aromatic nitrogens is 1. The Morgan fingerprint density at radius 3 is 2.85 bits per heavy atom. The van der Waals surface area contributed by atoms with Crippen molar-refractivity contribution in [2.24, 2.45) is 11.8 Å².